The van der Waals surface area contributed by atoms with Crippen molar-refractivity contribution in [1.29, 1.82) is 0 Å². The Morgan fingerprint density at radius 2 is 1.88 bits per heavy atom. The average molecular weight is 344 g/mol. The van der Waals surface area contributed by atoms with Crippen LogP contribution < -0.4 is 0 Å². The lowest BCUT2D eigenvalue weighted by molar-refractivity contribution is -0.385. The van der Waals surface area contributed by atoms with Crippen LogP contribution in [0.5, 0.6) is 0 Å². The van der Waals surface area contributed by atoms with Crippen LogP contribution in [0.1, 0.15) is 11.6 Å². The van der Waals surface area contributed by atoms with Crippen molar-refractivity contribution in [2.45, 2.75) is 19.9 Å². The second-order valence-corrected chi connectivity index (χ2v) is 5.16. The standard InChI is InChI=1S/C14H12N6O5/c1-9-12(20(23)24)8-15-18(9)7-6-13-16-14(17-25-13)10-2-4-11(5-3-10)19(21)22/h2-5,8H,6-7H2,1H3. The first kappa shape index (κ1) is 16.2. The third-order valence-electron chi connectivity index (χ3n) is 3.62. The summed E-state index contributed by atoms with van der Waals surface area (Å²) in [6.07, 6.45) is 1.55. The zero-order valence-corrected chi connectivity index (χ0v) is 13.0. The number of nitrogens with zero attached hydrogens (tertiary/aromatic N) is 6. The van der Waals surface area contributed by atoms with Crippen LogP contribution in [0.15, 0.2) is 35.0 Å². The van der Waals surface area contributed by atoms with Crippen molar-refractivity contribution < 1.29 is 14.4 Å². The van der Waals surface area contributed by atoms with Gasteiger partial charge in [-0.1, -0.05) is 5.16 Å². The maximum atomic E-state index is 10.8. The highest BCUT2D eigenvalue weighted by atomic mass is 16.6. The second kappa shape index (κ2) is 6.47. The van der Waals surface area contributed by atoms with Crippen LogP contribution in [0, 0.1) is 27.2 Å². The normalized spacial score (nSPS) is 10.8. The first-order valence-corrected chi connectivity index (χ1v) is 7.20. The monoisotopic (exact) mass is 344 g/mol. The van der Waals surface area contributed by atoms with Crippen molar-refractivity contribution >= 4 is 11.4 Å². The fourth-order valence-corrected chi connectivity index (χ4v) is 2.25. The number of rotatable bonds is 6. The molecule has 25 heavy (non-hydrogen) atoms. The predicted octanol–water partition coefficient (Wildman–Crippen LogP) is 2.30. The van der Waals surface area contributed by atoms with Crippen LogP contribution in [0.25, 0.3) is 11.4 Å². The predicted molar refractivity (Wildman–Crippen MR) is 83.7 cm³/mol. The molecule has 0 saturated carbocycles. The molecule has 11 nitrogen and oxygen atoms in total. The minimum atomic E-state index is -0.489. The Balaban J connectivity index is 1.69. The summed E-state index contributed by atoms with van der Waals surface area (Å²) in [5.74, 6) is 0.652. The summed E-state index contributed by atoms with van der Waals surface area (Å²) in [5.41, 5.74) is 0.965. The number of hydrogen-bond acceptors (Lipinski definition) is 8. The van der Waals surface area contributed by atoms with Gasteiger partial charge in [-0.25, -0.2) is 0 Å². The molecule has 0 atom stereocenters. The summed E-state index contributed by atoms with van der Waals surface area (Å²) < 4.78 is 6.64. The minimum Gasteiger partial charge on any atom is -0.339 e. The molecule has 3 aromatic rings. The van der Waals surface area contributed by atoms with Crippen molar-refractivity contribution in [3.05, 3.63) is 62.3 Å². The summed E-state index contributed by atoms with van der Waals surface area (Å²) >= 11 is 0. The van der Waals surface area contributed by atoms with Gasteiger partial charge in [-0.2, -0.15) is 10.1 Å². The van der Waals surface area contributed by atoms with E-state index in [2.05, 4.69) is 15.2 Å². The molecule has 0 aliphatic heterocycles. The van der Waals surface area contributed by atoms with Gasteiger partial charge >= 0.3 is 5.69 Å². The molecule has 2 heterocycles. The van der Waals surface area contributed by atoms with Crippen LogP contribution in [-0.2, 0) is 13.0 Å². The van der Waals surface area contributed by atoms with Crippen LogP contribution in [0.4, 0.5) is 11.4 Å². The van der Waals surface area contributed by atoms with Crippen molar-refractivity contribution in [2.24, 2.45) is 0 Å². The quantitative estimate of drug-likeness (QED) is 0.489. The number of hydrogen-bond donors (Lipinski definition) is 0. The molecule has 0 N–H and O–H groups in total. The van der Waals surface area contributed by atoms with Gasteiger partial charge < -0.3 is 4.52 Å². The number of nitro groups is 2. The third-order valence-corrected chi connectivity index (χ3v) is 3.62. The van der Waals surface area contributed by atoms with Crippen molar-refractivity contribution in [3.63, 3.8) is 0 Å². The maximum absolute atomic E-state index is 10.8. The van der Waals surface area contributed by atoms with Gasteiger partial charge in [0.25, 0.3) is 5.69 Å². The van der Waals surface area contributed by atoms with Gasteiger partial charge in [0.2, 0.25) is 11.7 Å². The highest BCUT2D eigenvalue weighted by Gasteiger charge is 2.17. The van der Waals surface area contributed by atoms with E-state index in [-0.39, 0.29) is 11.4 Å². The Kier molecular flexibility index (Phi) is 4.20. The number of non-ortho nitro benzene ring substituents is 1. The summed E-state index contributed by atoms with van der Waals surface area (Å²) in [4.78, 5) is 24.7. The molecule has 11 heteroatoms. The zero-order chi connectivity index (χ0) is 18.0. The minimum absolute atomic E-state index is 0.0248. The van der Waals surface area contributed by atoms with Gasteiger partial charge in [-0.05, 0) is 19.1 Å². The van der Waals surface area contributed by atoms with Gasteiger partial charge in [0, 0.05) is 24.1 Å². The van der Waals surface area contributed by atoms with Gasteiger partial charge in [0.15, 0.2) is 0 Å². The van der Waals surface area contributed by atoms with Crippen LogP contribution in [0.3, 0.4) is 0 Å². The summed E-state index contributed by atoms with van der Waals surface area (Å²) in [6, 6.07) is 5.79. The summed E-state index contributed by atoms with van der Waals surface area (Å²) in [6.45, 7) is 1.96. The Morgan fingerprint density at radius 3 is 2.48 bits per heavy atom. The van der Waals surface area contributed by atoms with E-state index in [0.29, 0.717) is 35.9 Å². The molecule has 0 saturated heterocycles. The van der Waals surface area contributed by atoms with Gasteiger partial charge in [0.1, 0.15) is 11.9 Å². The van der Waals surface area contributed by atoms with E-state index in [1.165, 1.54) is 35.1 Å². The molecule has 0 radical (unpaired) electrons. The second-order valence-electron chi connectivity index (χ2n) is 5.16. The van der Waals surface area contributed by atoms with Crippen LogP contribution in [0.2, 0.25) is 0 Å². The van der Waals surface area contributed by atoms with E-state index in [1.54, 1.807) is 6.92 Å². The molecular weight excluding hydrogens is 332 g/mol. The molecule has 1 aromatic carbocycles. The Labute approximate surface area is 140 Å². The lowest BCUT2D eigenvalue weighted by Crippen LogP contribution is -2.05. The zero-order valence-electron chi connectivity index (χ0n) is 13.0. The van der Waals surface area contributed by atoms with E-state index in [9.17, 15) is 20.2 Å². The fourth-order valence-electron chi connectivity index (χ4n) is 2.25. The van der Waals surface area contributed by atoms with Crippen molar-refractivity contribution in [3.8, 4) is 11.4 Å². The first-order chi connectivity index (χ1) is 12.0. The molecule has 0 spiro atoms. The molecule has 2 aromatic heterocycles. The van der Waals surface area contributed by atoms with Crippen LogP contribution in [-0.4, -0.2) is 29.8 Å². The van der Waals surface area contributed by atoms with Crippen molar-refractivity contribution in [2.75, 3.05) is 0 Å². The molecule has 0 bridgehead atoms. The Hall–Kier alpha value is -3.63. The topological polar surface area (TPSA) is 143 Å². The van der Waals surface area contributed by atoms with E-state index in [4.69, 9.17) is 4.52 Å². The van der Waals surface area contributed by atoms with E-state index < -0.39 is 9.85 Å². The lowest BCUT2D eigenvalue weighted by atomic mass is 10.2. The maximum Gasteiger partial charge on any atom is 0.309 e. The largest absolute Gasteiger partial charge is 0.339 e. The van der Waals surface area contributed by atoms with Crippen molar-refractivity contribution in [1.82, 2.24) is 19.9 Å². The van der Waals surface area contributed by atoms with E-state index in [0.717, 1.165) is 0 Å². The molecule has 128 valence electrons. The molecule has 3 rings (SSSR count). The first-order valence-electron chi connectivity index (χ1n) is 7.20. The Morgan fingerprint density at radius 1 is 1.16 bits per heavy atom. The molecular formula is C14H12N6O5. The molecule has 0 unspecified atom stereocenters. The smallest absolute Gasteiger partial charge is 0.309 e. The number of aryl methyl sites for hydroxylation is 2. The van der Waals surface area contributed by atoms with Gasteiger partial charge in [-0.3, -0.25) is 24.9 Å². The summed E-state index contributed by atoms with van der Waals surface area (Å²) in [7, 11) is 0. The SMILES string of the molecule is Cc1c([N+](=O)[O-])cnn1CCc1nc(-c2ccc([N+](=O)[O-])cc2)no1. The van der Waals surface area contributed by atoms with Crippen LogP contribution >= 0.6 is 0 Å². The van der Waals surface area contributed by atoms with Gasteiger partial charge in [0.05, 0.1) is 16.4 Å². The number of nitro benzene ring substituents is 1. The number of benzene rings is 1. The molecule has 0 aliphatic carbocycles. The molecule has 0 aliphatic rings. The highest BCUT2D eigenvalue weighted by Crippen LogP contribution is 2.20. The van der Waals surface area contributed by atoms with E-state index >= 15 is 0 Å². The average Bonchev–Trinajstić information content (AvgIpc) is 3.20. The Bertz CT molecular complexity index is 930. The third kappa shape index (κ3) is 3.34. The van der Waals surface area contributed by atoms with Gasteiger partial charge in [-0.15, -0.1) is 0 Å². The van der Waals surface area contributed by atoms with E-state index in [1.807, 2.05) is 0 Å². The molecule has 0 fully saturated rings. The summed E-state index contributed by atoms with van der Waals surface area (Å²) in [5, 5.41) is 29.3. The molecule has 0 amide bonds. The lowest BCUT2D eigenvalue weighted by Gasteiger charge is -2.00. The highest BCUT2D eigenvalue weighted by molar-refractivity contribution is 5.56. The number of aromatic nitrogens is 4. The fraction of sp³-hybridized carbons (Fsp3) is 0.214.